The van der Waals surface area contributed by atoms with Crippen LogP contribution in [-0.2, 0) is 11.8 Å². The van der Waals surface area contributed by atoms with Gasteiger partial charge in [0.1, 0.15) is 5.82 Å². The van der Waals surface area contributed by atoms with Gasteiger partial charge in [0, 0.05) is 26.2 Å². The standard InChI is InChI=1S/C16H16F3N5O2/c1-23-8-11(14(22-23)15(18)19)21-16(26)20-9-6-13(25)24(7-9)12-5-3-2-4-10(12)17/h2-5,8-9,15H,6-7H2,1H3,(H2,20,21,26). The summed E-state index contributed by atoms with van der Waals surface area (Å²) in [6.45, 7) is 0.0852. The van der Waals surface area contributed by atoms with Crippen molar-refractivity contribution in [3.63, 3.8) is 0 Å². The number of carbonyl (C=O) groups excluding carboxylic acids is 2. The van der Waals surface area contributed by atoms with E-state index in [2.05, 4.69) is 15.7 Å². The summed E-state index contributed by atoms with van der Waals surface area (Å²) in [4.78, 5) is 25.4. The number of para-hydroxylation sites is 1. The highest BCUT2D eigenvalue weighted by Gasteiger charge is 2.33. The second-order valence-corrected chi connectivity index (χ2v) is 5.86. The Balaban J connectivity index is 1.64. The number of aromatic nitrogens is 2. The van der Waals surface area contributed by atoms with Crippen molar-refractivity contribution in [3.8, 4) is 0 Å². The van der Waals surface area contributed by atoms with Crippen molar-refractivity contribution in [1.29, 1.82) is 0 Å². The number of nitrogens with zero attached hydrogens (tertiary/aromatic N) is 3. The van der Waals surface area contributed by atoms with Crippen LogP contribution < -0.4 is 15.5 Å². The lowest BCUT2D eigenvalue weighted by molar-refractivity contribution is -0.117. The number of urea groups is 1. The van der Waals surface area contributed by atoms with E-state index in [1.54, 1.807) is 6.07 Å². The van der Waals surface area contributed by atoms with E-state index in [-0.39, 0.29) is 30.2 Å². The molecule has 2 heterocycles. The molecule has 1 unspecified atom stereocenters. The number of benzene rings is 1. The van der Waals surface area contributed by atoms with E-state index < -0.39 is 30.0 Å². The number of hydrogen-bond donors (Lipinski definition) is 2. The van der Waals surface area contributed by atoms with Gasteiger partial charge in [-0.15, -0.1) is 0 Å². The fourth-order valence-electron chi connectivity index (χ4n) is 2.81. The average Bonchev–Trinajstić information content (AvgIpc) is 3.10. The highest BCUT2D eigenvalue weighted by atomic mass is 19.3. The fraction of sp³-hybridized carbons (Fsp3) is 0.312. The van der Waals surface area contributed by atoms with Crippen molar-refractivity contribution in [2.75, 3.05) is 16.8 Å². The second-order valence-electron chi connectivity index (χ2n) is 5.86. The molecule has 0 saturated carbocycles. The Labute approximate surface area is 146 Å². The Bertz CT molecular complexity index is 839. The molecule has 10 heteroatoms. The van der Waals surface area contributed by atoms with E-state index in [0.717, 1.165) is 4.68 Å². The van der Waals surface area contributed by atoms with Gasteiger partial charge in [-0.25, -0.2) is 18.0 Å². The Morgan fingerprint density at radius 1 is 1.35 bits per heavy atom. The first-order valence-corrected chi connectivity index (χ1v) is 7.79. The lowest BCUT2D eigenvalue weighted by Crippen LogP contribution is -2.40. The molecule has 2 N–H and O–H groups in total. The third-order valence-electron chi connectivity index (χ3n) is 3.92. The first-order valence-electron chi connectivity index (χ1n) is 7.79. The Morgan fingerprint density at radius 2 is 2.08 bits per heavy atom. The van der Waals surface area contributed by atoms with Crippen molar-refractivity contribution < 1.29 is 22.8 Å². The molecule has 1 fully saturated rings. The zero-order valence-electron chi connectivity index (χ0n) is 13.7. The molecule has 7 nitrogen and oxygen atoms in total. The summed E-state index contributed by atoms with van der Waals surface area (Å²) >= 11 is 0. The summed E-state index contributed by atoms with van der Waals surface area (Å²) in [5, 5.41) is 8.43. The molecule has 1 aliphatic heterocycles. The number of halogens is 3. The van der Waals surface area contributed by atoms with Gasteiger partial charge < -0.3 is 15.5 Å². The zero-order valence-corrected chi connectivity index (χ0v) is 13.7. The van der Waals surface area contributed by atoms with Crippen LogP contribution >= 0.6 is 0 Å². The molecule has 26 heavy (non-hydrogen) atoms. The fourth-order valence-corrected chi connectivity index (χ4v) is 2.81. The first kappa shape index (κ1) is 17.8. The molecule has 0 bridgehead atoms. The molecule has 1 aromatic carbocycles. The molecule has 2 aromatic rings. The molecule has 1 aromatic heterocycles. The first-order chi connectivity index (χ1) is 12.3. The minimum atomic E-state index is -2.84. The van der Waals surface area contributed by atoms with Gasteiger partial charge in [0.15, 0.2) is 5.69 Å². The molecular formula is C16H16F3N5O2. The number of rotatable bonds is 4. The minimum absolute atomic E-state index is 0.0174. The SMILES string of the molecule is Cn1cc(NC(=O)NC2CC(=O)N(c3ccccc3F)C2)c(C(F)F)n1. The second kappa shape index (κ2) is 7.06. The van der Waals surface area contributed by atoms with E-state index in [0.29, 0.717) is 0 Å². The van der Waals surface area contributed by atoms with Crippen molar-refractivity contribution >= 4 is 23.3 Å². The topological polar surface area (TPSA) is 79.3 Å². The van der Waals surface area contributed by atoms with Crippen LogP contribution in [0.4, 0.5) is 29.3 Å². The number of carbonyl (C=O) groups is 2. The van der Waals surface area contributed by atoms with Gasteiger partial charge in [-0.05, 0) is 12.1 Å². The van der Waals surface area contributed by atoms with Crippen LogP contribution in [0.15, 0.2) is 30.5 Å². The number of alkyl halides is 2. The molecule has 1 atom stereocenters. The van der Waals surface area contributed by atoms with Crippen LogP contribution in [0.2, 0.25) is 0 Å². The van der Waals surface area contributed by atoms with E-state index in [1.807, 2.05) is 0 Å². The lowest BCUT2D eigenvalue weighted by atomic mass is 10.2. The molecule has 1 saturated heterocycles. The van der Waals surface area contributed by atoms with E-state index in [4.69, 9.17) is 0 Å². The van der Waals surface area contributed by atoms with Gasteiger partial charge >= 0.3 is 6.03 Å². The molecular weight excluding hydrogens is 351 g/mol. The molecule has 3 amide bonds. The molecule has 0 spiro atoms. The van der Waals surface area contributed by atoms with Gasteiger partial charge in [-0.2, -0.15) is 5.10 Å². The highest BCUT2D eigenvalue weighted by Crippen LogP contribution is 2.26. The van der Waals surface area contributed by atoms with Crippen LogP contribution in [-0.4, -0.2) is 34.3 Å². The smallest absolute Gasteiger partial charge is 0.319 e. The largest absolute Gasteiger partial charge is 0.333 e. The van der Waals surface area contributed by atoms with Crippen LogP contribution in [0.1, 0.15) is 18.5 Å². The molecule has 0 radical (unpaired) electrons. The van der Waals surface area contributed by atoms with E-state index in [9.17, 15) is 22.8 Å². The number of aryl methyl sites for hydroxylation is 1. The summed E-state index contributed by atoms with van der Waals surface area (Å²) in [6.07, 6.45) is -1.60. The maximum Gasteiger partial charge on any atom is 0.319 e. The lowest BCUT2D eigenvalue weighted by Gasteiger charge is -2.18. The van der Waals surface area contributed by atoms with Crippen molar-refractivity contribution in [1.82, 2.24) is 15.1 Å². The van der Waals surface area contributed by atoms with Crippen molar-refractivity contribution in [3.05, 3.63) is 42.0 Å². The summed E-state index contributed by atoms with van der Waals surface area (Å²) in [7, 11) is 1.46. The normalized spacial score (nSPS) is 17.0. The van der Waals surface area contributed by atoms with Crippen molar-refractivity contribution in [2.24, 2.45) is 7.05 Å². The predicted molar refractivity (Wildman–Crippen MR) is 87.5 cm³/mol. The number of nitrogens with one attached hydrogen (secondary N) is 2. The van der Waals surface area contributed by atoms with Gasteiger partial charge in [0.2, 0.25) is 5.91 Å². The van der Waals surface area contributed by atoms with Crippen LogP contribution in [0, 0.1) is 5.82 Å². The third-order valence-corrected chi connectivity index (χ3v) is 3.92. The van der Waals surface area contributed by atoms with Crippen LogP contribution in [0.3, 0.4) is 0 Å². The minimum Gasteiger partial charge on any atom is -0.333 e. The maximum atomic E-state index is 13.8. The Hall–Kier alpha value is -3.04. The predicted octanol–water partition coefficient (Wildman–Crippen LogP) is 2.42. The Morgan fingerprint density at radius 3 is 2.77 bits per heavy atom. The van der Waals surface area contributed by atoms with E-state index >= 15 is 0 Å². The van der Waals surface area contributed by atoms with Crippen LogP contribution in [0.5, 0.6) is 0 Å². The maximum absolute atomic E-state index is 13.8. The Kier molecular flexibility index (Phi) is 4.83. The monoisotopic (exact) mass is 367 g/mol. The van der Waals surface area contributed by atoms with E-state index in [1.165, 1.54) is 36.3 Å². The third kappa shape index (κ3) is 3.63. The van der Waals surface area contributed by atoms with Gasteiger partial charge in [-0.3, -0.25) is 9.48 Å². The summed E-state index contributed by atoms with van der Waals surface area (Å²) in [6, 6.07) is 4.51. The van der Waals surface area contributed by atoms with Crippen LogP contribution in [0.25, 0.3) is 0 Å². The molecule has 3 rings (SSSR count). The number of amides is 3. The zero-order chi connectivity index (χ0) is 18.8. The average molecular weight is 367 g/mol. The summed E-state index contributed by atoms with van der Waals surface area (Å²) < 4.78 is 40.8. The molecule has 0 aliphatic carbocycles. The number of hydrogen-bond acceptors (Lipinski definition) is 3. The summed E-state index contributed by atoms with van der Waals surface area (Å²) in [5.41, 5.74) is -0.525. The highest BCUT2D eigenvalue weighted by molar-refractivity contribution is 5.97. The van der Waals surface area contributed by atoms with Gasteiger partial charge in [0.25, 0.3) is 6.43 Å². The van der Waals surface area contributed by atoms with Gasteiger partial charge in [-0.1, -0.05) is 12.1 Å². The van der Waals surface area contributed by atoms with Crippen molar-refractivity contribution in [2.45, 2.75) is 18.9 Å². The van der Waals surface area contributed by atoms with Gasteiger partial charge in [0.05, 0.1) is 17.4 Å². The molecule has 138 valence electrons. The number of anilines is 2. The molecule has 1 aliphatic rings. The quantitative estimate of drug-likeness (QED) is 0.871. The summed E-state index contributed by atoms with van der Waals surface area (Å²) in [5.74, 6) is -0.877.